The first-order valence-corrected chi connectivity index (χ1v) is 9.14. The fourth-order valence-corrected chi connectivity index (χ4v) is 3.37. The van der Waals surface area contributed by atoms with Crippen LogP contribution < -0.4 is 4.74 Å². The van der Waals surface area contributed by atoms with E-state index in [2.05, 4.69) is 15.2 Å². The molecule has 0 bridgehead atoms. The molecule has 0 radical (unpaired) electrons. The Hall–Kier alpha value is -3.16. The maximum atomic E-state index is 6.33. The molecule has 5 rings (SSSR count). The Morgan fingerprint density at radius 3 is 2.79 bits per heavy atom. The first kappa shape index (κ1) is 17.0. The summed E-state index contributed by atoms with van der Waals surface area (Å²) in [5.41, 5.74) is 0.783. The molecular weight excluding hydrogens is 358 g/mol. The van der Waals surface area contributed by atoms with Crippen molar-refractivity contribution in [3.63, 3.8) is 0 Å². The van der Waals surface area contributed by atoms with Gasteiger partial charge in [-0.3, -0.25) is 5.10 Å². The molecule has 0 aliphatic carbocycles. The van der Waals surface area contributed by atoms with Crippen LogP contribution in [0.4, 0.5) is 0 Å². The molecule has 1 saturated heterocycles. The summed E-state index contributed by atoms with van der Waals surface area (Å²) in [7, 11) is 0. The van der Waals surface area contributed by atoms with Crippen LogP contribution in [-0.4, -0.2) is 34.5 Å². The number of fused-ring (bicyclic) bond motifs is 1. The fraction of sp³-hybridized carbons (Fsp3) is 0.238. The van der Waals surface area contributed by atoms with Gasteiger partial charge in [0.2, 0.25) is 5.79 Å². The maximum absolute atomic E-state index is 6.33. The lowest BCUT2D eigenvalue weighted by atomic mass is 10.1. The zero-order valence-corrected chi connectivity index (χ0v) is 15.1. The number of hydrogen-bond acceptors (Lipinski definition) is 6. The van der Waals surface area contributed by atoms with Crippen molar-refractivity contribution < 1.29 is 18.6 Å². The van der Waals surface area contributed by atoms with Gasteiger partial charge in [0.25, 0.3) is 0 Å². The molecular formula is C21H19N3O4. The van der Waals surface area contributed by atoms with Crippen LogP contribution in [0.3, 0.4) is 0 Å². The van der Waals surface area contributed by atoms with E-state index >= 15 is 0 Å². The van der Waals surface area contributed by atoms with Crippen molar-refractivity contribution >= 4 is 11.0 Å². The van der Waals surface area contributed by atoms with Crippen molar-refractivity contribution in [3.8, 4) is 5.75 Å². The number of aromatic nitrogens is 3. The van der Waals surface area contributed by atoms with Gasteiger partial charge in [-0.15, -0.1) is 0 Å². The molecule has 0 amide bonds. The van der Waals surface area contributed by atoms with Gasteiger partial charge in [-0.25, -0.2) is 4.98 Å². The number of H-pyrrole nitrogens is 1. The van der Waals surface area contributed by atoms with Crippen molar-refractivity contribution in [2.75, 3.05) is 13.2 Å². The minimum atomic E-state index is -1.08. The van der Waals surface area contributed by atoms with Crippen LogP contribution in [0.25, 0.3) is 11.0 Å². The van der Waals surface area contributed by atoms with E-state index in [0.717, 1.165) is 16.7 Å². The Labute approximate surface area is 161 Å². The molecule has 1 N–H and O–H groups in total. The van der Waals surface area contributed by atoms with E-state index in [-0.39, 0.29) is 6.10 Å². The molecule has 2 atom stereocenters. The molecule has 7 nitrogen and oxygen atoms in total. The van der Waals surface area contributed by atoms with Gasteiger partial charge in [0, 0.05) is 5.39 Å². The first-order valence-electron chi connectivity index (χ1n) is 9.14. The van der Waals surface area contributed by atoms with Gasteiger partial charge >= 0.3 is 0 Å². The largest absolute Gasteiger partial charge is 0.491 e. The number of nitrogens with zero attached hydrogens (tertiary/aromatic N) is 2. The maximum Gasteiger partial charge on any atom is 0.236 e. The number of nitrogens with one attached hydrogen (secondary N) is 1. The van der Waals surface area contributed by atoms with Crippen LogP contribution in [-0.2, 0) is 21.7 Å². The highest BCUT2D eigenvalue weighted by atomic mass is 16.8. The van der Waals surface area contributed by atoms with Gasteiger partial charge in [0.15, 0.2) is 5.76 Å². The highest BCUT2D eigenvalue weighted by Gasteiger charge is 2.47. The minimum Gasteiger partial charge on any atom is -0.491 e. The average molecular weight is 377 g/mol. The molecule has 2 aromatic carbocycles. The molecule has 0 saturated carbocycles. The molecule has 1 fully saturated rings. The molecule has 1 aliphatic rings. The quantitative estimate of drug-likeness (QED) is 0.554. The van der Waals surface area contributed by atoms with Crippen molar-refractivity contribution in [1.29, 1.82) is 0 Å². The zero-order chi connectivity index (χ0) is 18.8. The summed E-state index contributed by atoms with van der Waals surface area (Å²) >= 11 is 0. The second-order valence-corrected chi connectivity index (χ2v) is 6.69. The van der Waals surface area contributed by atoms with E-state index in [0.29, 0.717) is 31.2 Å². The molecule has 0 unspecified atom stereocenters. The monoisotopic (exact) mass is 377 g/mol. The van der Waals surface area contributed by atoms with Gasteiger partial charge in [-0.05, 0) is 24.3 Å². The lowest BCUT2D eigenvalue weighted by Gasteiger charge is -2.25. The number of para-hydroxylation sites is 2. The zero-order valence-electron chi connectivity index (χ0n) is 15.1. The smallest absolute Gasteiger partial charge is 0.236 e. The third kappa shape index (κ3) is 3.26. The molecule has 1 aliphatic heterocycles. The Bertz CT molecular complexity index is 1010. The molecule has 28 heavy (non-hydrogen) atoms. The van der Waals surface area contributed by atoms with Gasteiger partial charge in [-0.1, -0.05) is 36.4 Å². The summed E-state index contributed by atoms with van der Waals surface area (Å²) in [6.07, 6.45) is 1.58. The van der Waals surface area contributed by atoms with Crippen LogP contribution in [0.1, 0.15) is 11.6 Å². The topological polar surface area (TPSA) is 82.4 Å². The summed E-state index contributed by atoms with van der Waals surface area (Å²) in [5.74, 6) is 0.975. The molecule has 3 heterocycles. The predicted octanol–water partition coefficient (Wildman–Crippen LogP) is 3.44. The van der Waals surface area contributed by atoms with Crippen molar-refractivity contribution in [1.82, 2.24) is 15.2 Å². The highest BCUT2D eigenvalue weighted by molar-refractivity contribution is 5.77. The van der Waals surface area contributed by atoms with E-state index in [9.17, 15) is 0 Å². The van der Waals surface area contributed by atoms with Crippen LogP contribution in [0, 0.1) is 0 Å². The van der Waals surface area contributed by atoms with Crippen LogP contribution in [0.2, 0.25) is 0 Å². The first-order chi connectivity index (χ1) is 13.8. The summed E-state index contributed by atoms with van der Waals surface area (Å²) < 4.78 is 24.4. The standard InChI is InChI=1S/C21H19N3O4/c1-2-7-16(8-3-1)25-12-17-13-26-21(28-17,11-20-22-14-23-24-20)19-10-15-6-4-5-9-18(15)27-19/h1-10,14,17H,11-13H2,(H,22,23,24)/t17-,21-/m0/s1. The molecule has 0 spiro atoms. The van der Waals surface area contributed by atoms with E-state index in [4.69, 9.17) is 18.6 Å². The second kappa shape index (κ2) is 7.10. The van der Waals surface area contributed by atoms with Crippen LogP contribution >= 0.6 is 0 Å². The van der Waals surface area contributed by atoms with Gasteiger partial charge in [0.1, 0.15) is 36.2 Å². The lowest BCUT2D eigenvalue weighted by molar-refractivity contribution is -0.190. The normalized spacial score (nSPS) is 21.9. The van der Waals surface area contributed by atoms with Gasteiger partial charge < -0.3 is 18.6 Å². The third-order valence-electron chi connectivity index (χ3n) is 4.70. The van der Waals surface area contributed by atoms with Crippen LogP contribution in [0.5, 0.6) is 5.75 Å². The summed E-state index contributed by atoms with van der Waals surface area (Å²) in [6.45, 7) is 0.764. The number of benzene rings is 2. The lowest BCUT2D eigenvalue weighted by Crippen LogP contribution is -2.32. The summed E-state index contributed by atoms with van der Waals surface area (Å²) in [6, 6.07) is 19.4. The summed E-state index contributed by atoms with van der Waals surface area (Å²) in [5, 5.41) is 7.79. The highest BCUT2D eigenvalue weighted by Crippen LogP contribution is 2.39. The minimum absolute atomic E-state index is 0.240. The van der Waals surface area contributed by atoms with Crippen molar-refractivity contribution in [2.24, 2.45) is 0 Å². The molecule has 7 heteroatoms. The van der Waals surface area contributed by atoms with E-state index in [1.54, 1.807) is 0 Å². The number of hydrogen-bond donors (Lipinski definition) is 1. The van der Waals surface area contributed by atoms with Crippen molar-refractivity contribution in [2.45, 2.75) is 18.3 Å². The number of aromatic amines is 1. The number of rotatable bonds is 6. The van der Waals surface area contributed by atoms with Crippen LogP contribution in [0.15, 0.2) is 71.4 Å². The fourth-order valence-electron chi connectivity index (χ4n) is 3.37. The average Bonchev–Trinajstić information content (AvgIpc) is 3.47. The Balaban J connectivity index is 1.40. The molecule has 2 aromatic heterocycles. The Morgan fingerprint density at radius 2 is 1.96 bits per heavy atom. The van der Waals surface area contributed by atoms with E-state index in [1.807, 2.05) is 60.7 Å². The van der Waals surface area contributed by atoms with Gasteiger partial charge in [0.05, 0.1) is 13.0 Å². The van der Waals surface area contributed by atoms with Gasteiger partial charge in [-0.2, -0.15) is 5.10 Å². The van der Waals surface area contributed by atoms with Crippen molar-refractivity contribution in [3.05, 3.63) is 78.6 Å². The molecule has 142 valence electrons. The summed E-state index contributed by atoms with van der Waals surface area (Å²) in [4.78, 5) is 4.22. The molecule has 4 aromatic rings. The Morgan fingerprint density at radius 1 is 1.11 bits per heavy atom. The van der Waals surface area contributed by atoms with E-state index in [1.165, 1.54) is 6.33 Å². The number of ether oxygens (including phenoxy) is 3. The SMILES string of the molecule is c1ccc(OC[C@H]2CO[C@](Cc3ncn[nH]3)(c3cc4ccccc4o3)O2)cc1. The third-order valence-corrected chi connectivity index (χ3v) is 4.70. The second-order valence-electron chi connectivity index (χ2n) is 6.69. The predicted molar refractivity (Wildman–Crippen MR) is 101 cm³/mol. The van der Waals surface area contributed by atoms with E-state index < -0.39 is 5.79 Å². The number of furan rings is 1. The Kier molecular flexibility index (Phi) is 4.31.